The fraction of sp³-hybridized carbons (Fsp3) is 0.667. The maximum absolute atomic E-state index is 12.0. The summed E-state index contributed by atoms with van der Waals surface area (Å²) in [5, 5.41) is 11.1. The molecule has 1 atom stereocenters. The summed E-state index contributed by atoms with van der Waals surface area (Å²) in [5.41, 5.74) is 0.569. The monoisotopic (exact) mass is 257 g/mol. The minimum atomic E-state index is -0.942. The predicted molar refractivity (Wildman–Crippen MR) is 68.6 cm³/mol. The lowest BCUT2D eigenvalue weighted by atomic mass is 9.90. The zero-order valence-electron chi connectivity index (χ0n) is 10.7. The fourth-order valence-electron chi connectivity index (χ4n) is 1.80. The van der Waals surface area contributed by atoms with Crippen molar-refractivity contribution in [1.82, 2.24) is 4.90 Å². The lowest BCUT2D eigenvalue weighted by Crippen LogP contribution is -2.48. The van der Waals surface area contributed by atoms with Crippen LogP contribution in [0.15, 0.2) is 11.1 Å². The molecule has 1 unspecified atom stereocenters. The van der Waals surface area contributed by atoms with Crippen molar-refractivity contribution >= 4 is 23.6 Å². The summed E-state index contributed by atoms with van der Waals surface area (Å²) in [6.07, 6.45) is 0.416. The van der Waals surface area contributed by atoms with Crippen LogP contribution in [0, 0.1) is 5.41 Å². The van der Waals surface area contributed by atoms with Crippen LogP contribution in [-0.4, -0.2) is 33.7 Å². The number of aliphatic carboxylic acids is 1. The molecule has 0 saturated heterocycles. The molecule has 1 amide bonds. The molecule has 1 rings (SSSR count). The SMILES string of the molecule is CCC(C(=O)O)N1C(=O)CSC=C1C(C)(C)C. The Morgan fingerprint density at radius 1 is 1.59 bits per heavy atom. The van der Waals surface area contributed by atoms with E-state index in [4.69, 9.17) is 0 Å². The highest BCUT2D eigenvalue weighted by molar-refractivity contribution is 8.02. The zero-order valence-corrected chi connectivity index (χ0v) is 11.5. The largest absolute Gasteiger partial charge is 0.480 e. The van der Waals surface area contributed by atoms with E-state index in [0.29, 0.717) is 12.2 Å². The van der Waals surface area contributed by atoms with Gasteiger partial charge in [0.15, 0.2) is 0 Å². The van der Waals surface area contributed by atoms with Gasteiger partial charge in [0.25, 0.3) is 0 Å². The maximum atomic E-state index is 12.0. The van der Waals surface area contributed by atoms with E-state index in [0.717, 1.165) is 5.70 Å². The highest BCUT2D eigenvalue weighted by atomic mass is 32.2. The van der Waals surface area contributed by atoms with Gasteiger partial charge in [-0.15, -0.1) is 11.8 Å². The summed E-state index contributed by atoms with van der Waals surface area (Å²) in [4.78, 5) is 24.6. The molecule has 0 radical (unpaired) electrons. The van der Waals surface area contributed by atoms with Gasteiger partial charge >= 0.3 is 5.97 Å². The first-order valence-electron chi connectivity index (χ1n) is 5.66. The van der Waals surface area contributed by atoms with Gasteiger partial charge in [0.05, 0.1) is 5.75 Å². The third-order valence-electron chi connectivity index (χ3n) is 2.68. The molecule has 0 saturated carbocycles. The van der Waals surface area contributed by atoms with Crippen molar-refractivity contribution in [3.63, 3.8) is 0 Å². The van der Waals surface area contributed by atoms with Crippen molar-refractivity contribution in [2.45, 2.75) is 40.2 Å². The first-order valence-corrected chi connectivity index (χ1v) is 6.71. The minimum absolute atomic E-state index is 0.114. The standard InChI is InChI=1S/C12H19NO3S/c1-5-8(11(15)16)13-9(12(2,3)4)6-17-7-10(13)14/h6,8H,5,7H2,1-4H3,(H,15,16). The van der Waals surface area contributed by atoms with Gasteiger partial charge in [0, 0.05) is 11.1 Å². The Bertz CT molecular complexity index is 357. The van der Waals surface area contributed by atoms with Gasteiger partial charge in [-0.1, -0.05) is 27.7 Å². The zero-order chi connectivity index (χ0) is 13.2. The molecular weight excluding hydrogens is 238 g/mol. The van der Waals surface area contributed by atoms with Crippen molar-refractivity contribution in [3.8, 4) is 0 Å². The van der Waals surface area contributed by atoms with E-state index < -0.39 is 12.0 Å². The van der Waals surface area contributed by atoms with E-state index in [1.165, 1.54) is 16.7 Å². The van der Waals surface area contributed by atoms with E-state index in [-0.39, 0.29) is 11.3 Å². The molecule has 96 valence electrons. The van der Waals surface area contributed by atoms with Crippen molar-refractivity contribution in [3.05, 3.63) is 11.1 Å². The first-order chi connectivity index (χ1) is 7.79. The number of carbonyl (C=O) groups is 2. The number of carboxylic acids is 1. The van der Waals surface area contributed by atoms with E-state index in [1.807, 2.05) is 26.2 Å². The van der Waals surface area contributed by atoms with Crippen LogP contribution in [0.1, 0.15) is 34.1 Å². The van der Waals surface area contributed by atoms with Crippen LogP contribution in [0.3, 0.4) is 0 Å². The Morgan fingerprint density at radius 2 is 2.18 bits per heavy atom. The number of nitrogens with zero attached hydrogens (tertiary/aromatic N) is 1. The molecule has 0 aromatic heterocycles. The van der Waals surface area contributed by atoms with Gasteiger partial charge in [-0.05, 0) is 11.8 Å². The number of allylic oxidation sites excluding steroid dienone is 1. The molecule has 17 heavy (non-hydrogen) atoms. The third kappa shape index (κ3) is 3.03. The molecule has 1 aliphatic heterocycles. The molecular formula is C12H19NO3S. The Morgan fingerprint density at radius 3 is 2.59 bits per heavy atom. The third-order valence-corrected chi connectivity index (χ3v) is 3.49. The molecule has 1 aliphatic rings. The van der Waals surface area contributed by atoms with Gasteiger partial charge in [-0.25, -0.2) is 4.79 Å². The number of amides is 1. The predicted octanol–water partition coefficient (Wildman–Crippen LogP) is 2.31. The molecule has 0 bridgehead atoms. The number of hydrogen-bond acceptors (Lipinski definition) is 3. The van der Waals surface area contributed by atoms with Crippen LogP contribution < -0.4 is 0 Å². The Kier molecular flexibility index (Phi) is 4.25. The second kappa shape index (κ2) is 5.12. The number of hydrogen-bond donors (Lipinski definition) is 1. The molecule has 0 aromatic rings. The molecule has 5 heteroatoms. The minimum Gasteiger partial charge on any atom is -0.480 e. The summed E-state index contributed by atoms with van der Waals surface area (Å²) in [7, 11) is 0. The van der Waals surface area contributed by atoms with E-state index in [2.05, 4.69) is 0 Å². The van der Waals surface area contributed by atoms with Gasteiger partial charge in [-0.3, -0.25) is 4.79 Å². The molecule has 1 heterocycles. The van der Waals surface area contributed by atoms with Crippen LogP contribution in [0.5, 0.6) is 0 Å². The van der Waals surface area contributed by atoms with Crippen LogP contribution in [0.25, 0.3) is 0 Å². The summed E-state index contributed by atoms with van der Waals surface area (Å²) in [6, 6.07) is -0.756. The van der Waals surface area contributed by atoms with Crippen LogP contribution >= 0.6 is 11.8 Å². The second-order valence-corrected chi connectivity index (χ2v) is 5.95. The smallest absolute Gasteiger partial charge is 0.326 e. The van der Waals surface area contributed by atoms with E-state index >= 15 is 0 Å². The van der Waals surface area contributed by atoms with Gasteiger partial charge in [0.1, 0.15) is 6.04 Å². The second-order valence-electron chi connectivity index (χ2n) is 5.09. The van der Waals surface area contributed by atoms with Crippen molar-refractivity contribution in [2.75, 3.05) is 5.75 Å². The number of rotatable bonds is 3. The average Bonchev–Trinajstić information content (AvgIpc) is 2.19. The first kappa shape index (κ1) is 14.1. The Hall–Kier alpha value is -0.970. The number of thioether (sulfide) groups is 1. The van der Waals surface area contributed by atoms with Crippen molar-refractivity contribution in [1.29, 1.82) is 0 Å². The van der Waals surface area contributed by atoms with Gasteiger partial charge in [-0.2, -0.15) is 0 Å². The maximum Gasteiger partial charge on any atom is 0.326 e. The molecule has 0 aromatic carbocycles. The molecule has 0 aliphatic carbocycles. The topological polar surface area (TPSA) is 57.6 Å². The lowest BCUT2D eigenvalue weighted by molar-refractivity contribution is -0.148. The van der Waals surface area contributed by atoms with Crippen LogP contribution in [-0.2, 0) is 9.59 Å². The average molecular weight is 257 g/mol. The van der Waals surface area contributed by atoms with E-state index in [1.54, 1.807) is 6.92 Å². The van der Waals surface area contributed by atoms with Gasteiger partial charge in [0.2, 0.25) is 5.91 Å². The summed E-state index contributed by atoms with van der Waals surface area (Å²) in [6.45, 7) is 7.74. The molecule has 1 N–H and O–H groups in total. The quantitative estimate of drug-likeness (QED) is 0.843. The van der Waals surface area contributed by atoms with Crippen LogP contribution in [0.4, 0.5) is 0 Å². The van der Waals surface area contributed by atoms with Gasteiger partial charge < -0.3 is 10.0 Å². The normalized spacial score (nSPS) is 18.9. The lowest BCUT2D eigenvalue weighted by Gasteiger charge is -2.39. The molecule has 0 spiro atoms. The van der Waals surface area contributed by atoms with E-state index in [9.17, 15) is 14.7 Å². The Labute approximate surface area is 106 Å². The number of carbonyl (C=O) groups excluding carboxylic acids is 1. The molecule has 0 fully saturated rings. The van der Waals surface area contributed by atoms with Crippen molar-refractivity contribution in [2.24, 2.45) is 5.41 Å². The van der Waals surface area contributed by atoms with Crippen LogP contribution in [0.2, 0.25) is 0 Å². The fourth-order valence-corrected chi connectivity index (χ4v) is 2.79. The highest BCUT2D eigenvalue weighted by Crippen LogP contribution is 2.35. The summed E-state index contributed by atoms with van der Waals surface area (Å²) >= 11 is 1.44. The van der Waals surface area contributed by atoms with Crippen molar-refractivity contribution < 1.29 is 14.7 Å². The highest BCUT2D eigenvalue weighted by Gasteiger charge is 2.37. The summed E-state index contributed by atoms with van der Waals surface area (Å²) < 4.78 is 0. The number of carboxylic acid groups (broad SMARTS) is 1. The Balaban J connectivity index is 3.14. The molecule has 4 nitrogen and oxygen atoms in total. The summed E-state index contributed by atoms with van der Waals surface area (Å²) in [5.74, 6) is -0.733.